The van der Waals surface area contributed by atoms with Gasteiger partial charge in [0.15, 0.2) is 0 Å². The number of thiol groups is 2. The van der Waals surface area contributed by atoms with Crippen molar-refractivity contribution in [2.45, 2.75) is 248 Å². The Morgan fingerprint density at radius 2 is 0.669 bits per heavy atom. The van der Waals surface area contributed by atoms with E-state index in [2.05, 4.69) is 115 Å². The fraction of sp³-hybridized carbons (Fsp3) is 0.479. The molecule has 0 aliphatic rings. The number of amides is 18. The van der Waals surface area contributed by atoms with E-state index in [4.69, 9.17) is 28.7 Å². The Labute approximate surface area is 829 Å². The molecule has 0 fully saturated rings. The second kappa shape index (κ2) is 57.9. The molecule has 0 aliphatic heterocycles. The van der Waals surface area contributed by atoms with Crippen LogP contribution in [0, 0.1) is 17.8 Å². The number of rotatable bonds is 62. The molecule has 772 valence electrons. The minimum atomic E-state index is -2.02. The number of hydrogen-bond acceptors (Lipinski definition) is 25. The van der Waals surface area contributed by atoms with Gasteiger partial charge in [-0.1, -0.05) is 151 Å². The largest absolute Gasteiger partial charge is 0.481 e. The van der Waals surface area contributed by atoms with Gasteiger partial charge in [-0.25, -0.2) is 4.79 Å². The van der Waals surface area contributed by atoms with E-state index < -0.39 is 295 Å². The van der Waals surface area contributed by atoms with E-state index in [0.717, 1.165) is 0 Å². The number of nitrogens with two attached hydrogens (primary N) is 5. The summed E-state index contributed by atoms with van der Waals surface area (Å²) in [4.78, 5) is 297. The van der Waals surface area contributed by atoms with E-state index in [0.29, 0.717) is 50.5 Å². The number of aliphatic carboxylic acids is 3. The van der Waals surface area contributed by atoms with Gasteiger partial charge in [0.25, 0.3) is 0 Å². The number of carboxylic acid groups (broad SMARTS) is 3. The number of carboxylic acids is 3. The van der Waals surface area contributed by atoms with Gasteiger partial charge in [-0.05, 0) is 97.7 Å². The molecule has 0 unspecified atom stereocenters. The molecule has 18 atom stereocenters. The predicted octanol–water partition coefficient (Wildman–Crippen LogP) is -3.28. The molecule has 4 aromatic carbocycles. The molecule has 2 heterocycles. The minimum absolute atomic E-state index is 0.0630. The Bertz CT molecular complexity index is 5440. The third-order valence-electron chi connectivity index (χ3n) is 23.3. The molecular formula is C94H130N22O24S2. The lowest BCUT2D eigenvalue weighted by molar-refractivity contribution is -0.144. The van der Waals surface area contributed by atoms with Gasteiger partial charge >= 0.3 is 17.9 Å². The predicted molar refractivity (Wildman–Crippen MR) is 524 cm³/mol. The maximum absolute atomic E-state index is 15.2. The number of H-pyrrole nitrogens is 2. The first kappa shape index (κ1) is 116. The van der Waals surface area contributed by atoms with Crippen LogP contribution < -0.4 is 108 Å². The molecule has 142 heavy (non-hydrogen) atoms. The number of hydrogen-bond donors (Lipinski definition) is 27. The van der Waals surface area contributed by atoms with Gasteiger partial charge in [-0.3, -0.25) is 95.9 Å². The van der Waals surface area contributed by atoms with Crippen LogP contribution in [0.25, 0.3) is 21.8 Å². The van der Waals surface area contributed by atoms with Crippen LogP contribution >= 0.6 is 25.3 Å². The molecule has 0 saturated carbocycles. The van der Waals surface area contributed by atoms with Crippen molar-refractivity contribution in [2.24, 2.45) is 46.4 Å². The monoisotopic (exact) mass is 2010 g/mol. The van der Waals surface area contributed by atoms with Crippen LogP contribution in [0.4, 0.5) is 0 Å². The number of carbonyl (C=O) groups is 21. The quantitative estimate of drug-likeness (QED) is 0.0131. The van der Waals surface area contributed by atoms with Gasteiger partial charge in [0.2, 0.25) is 106 Å². The Morgan fingerprint density at radius 1 is 0.338 bits per heavy atom. The minimum Gasteiger partial charge on any atom is -0.481 e. The zero-order valence-corrected chi connectivity index (χ0v) is 81.4. The Kier molecular flexibility index (Phi) is 47.3. The highest BCUT2D eigenvalue weighted by atomic mass is 32.1. The second-order valence-corrected chi connectivity index (χ2v) is 35.7. The van der Waals surface area contributed by atoms with Gasteiger partial charge in [-0.15, -0.1) is 0 Å². The highest BCUT2D eigenvalue weighted by Gasteiger charge is 2.41. The second-order valence-electron chi connectivity index (χ2n) is 35.0. The van der Waals surface area contributed by atoms with Crippen molar-refractivity contribution in [1.82, 2.24) is 89.7 Å². The standard InChI is InChI=1S/C94H130N22O24S2/c1-8-48(5)77(115-90(135)66(105-80(125)57(96)39-75(120)121)38-54-44-101-59-29-19-17-27-56(54)59)93(138)114-71(46-142)92(137)111-68(41-74(99)119)89(134)106-62(34-47(3)4)84(129)107-63(35-51-22-12-10-13-23-51)85(130)103-60(30-20-21-33-95)81(126)110-67(40-73(98)118)88(133)104-61(31-32-72(97)117)82(127)109-65(37-53-43-100-58-28-18-16-26-55(53)58)87(132)108-64(36-52-24-14-11-15-25-52)86(131)113-70(45-141)91(136)112-69(42-76(122)123)83(128)102-50(7)79(124)116-78(94(139)140)49(6)9-2/h10-19,22-29,43-44,47-50,57,60-71,77-78,100-101,141-142H,8-9,20-21,30-42,45-46,95-96H2,1-7H3,(H2,97,117)(H2,98,118)(H2,99,119)(H,102,128)(H,103,130)(H,104,133)(H,105,125)(H,106,134)(H,107,129)(H,108,132)(H,109,127)(H,110,126)(H,111,137)(H,112,136)(H,113,131)(H,114,138)(H,115,135)(H,116,124)(H,120,121)(H,122,123)(H,139,140)/t48-,49-,50-,57-,60-,61-,62-,63-,64-,65-,66-,67-,68-,69-,70-,71-,77-,78-/m0/s1. The first-order valence-electron chi connectivity index (χ1n) is 46.2. The number of aromatic nitrogens is 2. The van der Waals surface area contributed by atoms with E-state index in [-0.39, 0.29) is 57.9 Å². The van der Waals surface area contributed by atoms with E-state index in [9.17, 15) is 102 Å². The van der Waals surface area contributed by atoms with Crippen molar-refractivity contribution in [3.8, 4) is 0 Å². The normalized spacial score (nSPS) is 15.0. The number of nitrogens with one attached hydrogen (secondary N) is 17. The maximum atomic E-state index is 15.2. The number of aromatic amines is 2. The van der Waals surface area contributed by atoms with Crippen LogP contribution in [-0.4, -0.2) is 264 Å². The smallest absolute Gasteiger partial charge is 0.326 e. The summed E-state index contributed by atoms with van der Waals surface area (Å²) in [6.07, 6.45) is -2.63. The van der Waals surface area contributed by atoms with Crippen LogP contribution in [0.1, 0.15) is 148 Å². The van der Waals surface area contributed by atoms with Crippen molar-refractivity contribution in [1.29, 1.82) is 0 Å². The molecule has 6 aromatic rings. The zero-order chi connectivity index (χ0) is 105. The van der Waals surface area contributed by atoms with Crippen molar-refractivity contribution in [2.75, 3.05) is 18.1 Å². The van der Waals surface area contributed by atoms with Gasteiger partial charge in [-0.2, -0.15) is 25.3 Å². The zero-order valence-electron chi connectivity index (χ0n) is 79.6. The van der Waals surface area contributed by atoms with Crippen LogP contribution in [0.5, 0.6) is 0 Å². The highest BCUT2D eigenvalue weighted by Crippen LogP contribution is 2.24. The summed E-state index contributed by atoms with van der Waals surface area (Å²) in [6.45, 7) is 11.2. The summed E-state index contributed by atoms with van der Waals surface area (Å²) in [6, 6.07) is 3.21. The molecule has 0 saturated heterocycles. The first-order chi connectivity index (χ1) is 67.3. The summed E-state index contributed by atoms with van der Waals surface area (Å²) in [5, 5.41) is 67.4. The molecule has 2 aromatic heterocycles. The summed E-state index contributed by atoms with van der Waals surface area (Å²) in [5.74, 6) is -26.8. The summed E-state index contributed by atoms with van der Waals surface area (Å²) in [7, 11) is 0. The Balaban J connectivity index is 1.24. The summed E-state index contributed by atoms with van der Waals surface area (Å²) in [5.41, 5.74) is 31.9. The van der Waals surface area contributed by atoms with Crippen LogP contribution in [0.2, 0.25) is 0 Å². The summed E-state index contributed by atoms with van der Waals surface area (Å²) >= 11 is 8.56. The van der Waals surface area contributed by atoms with E-state index >= 15 is 14.4 Å². The number of primary amides is 3. The lowest BCUT2D eigenvalue weighted by Crippen LogP contribution is -2.62. The molecule has 0 bridgehead atoms. The fourth-order valence-electron chi connectivity index (χ4n) is 15.0. The van der Waals surface area contributed by atoms with E-state index in [1.165, 1.54) is 13.1 Å². The van der Waals surface area contributed by atoms with E-state index in [1.54, 1.807) is 157 Å². The van der Waals surface area contributed by atoms with Crippen molar-refractivity contribution in [3.63, 3.8) is 0 Å². The lowest BCUT2D eigenvalue weighted by atomic mass is 9.96. The van der Waals surface area contributed by atoms with Crippen molar-refractivity contribution < 1.29 is 116 Å². The van der Waals surface area contributed by atoms with Crippen LogP contribution in [-0.2, 0) is 126 Å². The summed E-state index contributed by atoms with van der Waals surface area (Å²) < 4.78 is 0. The fourth-order valence-corrected chi connectivity index (χ4v) is 15.5. The maximum Gasteiger partial charge on any atom is 0.326 e. The SMILES string of the molecule is CC[C@H](C)[C@H](NC(=O)[C@H](C)NC(=O)[C@H](CC(=O)O)NC(=O)[C@H](CS)NC(=O)[C@H](Cc1ccccc1)NC(=O)[C@H](Cc1c[nH]c2ccccc12)NC(=O)[C@H](CCC(N)=O)NC(=O)[C@H](CC(N)=O)NC(=O)[C@H](CCCCN)NC(=O)[C@H](Cc1ccccc1)NC(=O)[C@H](CC(C)C)NC(=O)[C@H](CC(N)=O)NC(=O)[C@H](CS)NC(=O)[C@@H](NC(=O)[C@H](Cc1c[nH]c2ccccc12)NC(=O)[C@@H](N)CC(=O)O)[C@@H](C)CC)C(=O)O. The first-order valence-corrected chi connectivity index (χ1v) is 47.5. The third-order valence-corrected chi connectivity index (χ3v) is 24.0. The molecule has 30 N–H and O–H groups in total. The third kappa shape index (κ3) is 37.6. The molecule has 48 heteroatoms. The van der Waals surface area contributed by atoms with E-state index in [1.807, 2.05) is 0 Å². The molecule has 0 spiro atoms. The van der Waals surface area contributed by atoms with Crippen LogP contribution in [0.15, 0.2) is 122 Å². The molecule has 0 radical (unpaired) electrons. The van der Waals surface area contributed by atoms with Crippen molar-refractivity contribution in [3.05, 3.63) is 144 Å². The highest BCUT2D eigenvalue weighted by molar-refractivity contribution is 7.80. The van der Waals surface area contributed by atoms with Crippen LogP contribution in [0.3, 0.4) is 0 Å². The number of para-hydroxylation sites is 2. The van der Waals surface area contributed by atoms with Gasteiger partial charge in [0.1, 0.15) is 90.6 Å². The molecule has 46 nitrogen and oxygen atoms in total. The van der Waals surface area contributed by atoms with Gasteiger partial charge < -0.3 is 134 Å². The van der Waals surface area contributed by atoms with Crippen molar-refractivity contribution >= 4 is 171 Å². The number of fused-ring (bicyclic) bond motifs is 2. The Morgan fingerprint density at radius 3 is 1.08 bits per heavy atom. The number of carbonyl (C=O) groups excluding carboxylic acids is 18. The van der Waals surface area contributed by atoms with Gasteiger partial charge in [0.05, 0.1) is 31.7 Å². The lowest BCUT2D eigenvalue weighted by Gasteiger charge is -2.29. The molecule has 18 amide bonds. The Hall–Kier alpha value is -14.6. The molecular weight excluding hydrogens is 1890 g/mol. The molecule has 0 aliphatic carbocycles. The van der Waals surface area contributed by atoms with Gasteiger partial charge in [0, 0.05) is 77.8 Å². The topological polar surface area (TPSA) is 761 Å². The average Bonchev–Trinajstić information content (AvgIpc) is 1.68. The number of benzene rings is 4. The number of unbranched alkanes of at least 4 members (excludes halogenated alkanes) is 1. The molecule has 6 rings (SSSR count). The average molecular weight is 2020 g/mol.